The minimum atomic E-state index is -0.472. The van der Waals surface area contributed by atoms with E-state index in [0.717, 1.165) is 28.8 Å². The SMILES string of the molecule is C=C(C)c1cccc(C(C)(C)NC(=O)N2c3ccccc3CC2C)c1. The van der Waals surface area contributed by atoms with E-state index in [4.69, 9.17) is 0 Å². The highest BCUT2D eigenvalue weighted by Crippen LogP contribution is 2.32. The van der Waals surface area contributed by atoms with Crippen molar-refractivity contribution in [1.82, 2.24) is 5.32 Å². The fourth-order valence-corrected chi connectivity index (χ4v) is 3.45. The molecule has 0 spiro atoms. The molecule has 2 aromatic carbocycles. The van der Waals surface area contributed by atoms with E-state index in [1.165, 1.54) is 5.56 Å². The molecule has 0 fully saturated rings. The van der Waals surface area contributed by atoms with Crippen LogP contribution >= 0.6 is 0 Å². The van der Waals surface area contributed by atoms with E-state index in [9.17, 15) is 4.79 Å². The van der Waals surface area contributed by atoms with Gasteiger partial charge in [0.05, 0.1) is 5.54 Å². The first-order valence-electron chi connectivity index (χ1n) is 8.75. The highest BCUT2D eigenvalue weighted by molar-refractivity contribution is 5.95. The van der Waals surface area contributed by atoms with Crippen molar-refractivity contribution in [3.8, 4) is 0 Å². The molecule has 130 valence electrons. The number of para-hydroxylation sites is 1. The zero-order chi connectivity index (χ0) is 18.2. The molecular formula is C22H26N2O. The van der Waals surface area contributed by atoms with Gasteiger partial charge in [-0.05, 0) is 62.9 Å². The van der Waals surface area contributed by atoms with Crippen molar-refractivity contribution in [3.63, 3.8) is 0 Å². The summed E-state index contributed by atoms with van der Waals surface area (Å²) in [5.74, 6) is 0. The van der Waals surface area contributed by atoms with Crippen molar-refractivity contribution >= 4 is 17.3 Å². The van der Waals surface area contributed by atoms with Crippen LogP contribution in [0.15, 0.2) is 55.1 Å². The molecular weight excluding hydrogens is 308 g/mol. The summed E-state index contributed by atoms with van der Waals surface area (Å²) in [4.78, 5) is 14.9. The van der Waals surface area contributed by atoms with Crippen molar-refractivity contribution in [2.24, 2.45) is 0 Å². The second-order valence-corrected chi connectivity index (χ2v) is 7.47. The number of carbonyl (C=O) groups is 1. The molecule has 0 saturated carbocycles. The van der Waals surface area contributed by atoms with Gasteiger partial charge in [0, 0.05) is 11.7 Å². The lowest BCUT2D eigenvalue weighted by atomic mass is 9.92. The lowest BCUT2D eigenvalue weighted by Gasteiger charge is -2.32. The lowest BCUT2D eigenvalue weighted by Crippen LogP contribution is -2.50. The van der Waals surface area contributed by atoms with Crippen molar-refractivity contribution in [1.29, 1.82) is 0 Å². The molecule has 0 radical (unpaired) electrons. The Morgan fingerprint density at radius 3 is 2.64 bits per heavy atom. The van der Waals surface area contributed by atoms with Crippen LogP contribution in [0.2, 0.25) is 0 Å². The smallest absolute Gasteiger partial charge is 0.322 e. The molecule has 0 saturated heterocycles. The van der Waals surface area contributed by atoms with Gasteiger partial charge in [-0.25, -0.2) is 4.79 Å². The second-order valence-electron chi connectivity index (χ2n) is 7.47. The van der Waals surface area contributed by atoms with E-state index in [0.29, 0.717) is 0 Å². The van der Waals surface area contributed by atoms with Gasteiger partial charge in [-0.2, -0.15) is 0 Å². The molecule has 3 nitrogen and oxygen atoms in total. The van der Waals surface area contributed by atoms with Crippen LogP contribution in [0.4, 0.5) is 10.5 Å². The van der Waals surface area contributed by atoms with Gasteiger partial charge in [0.25, 0.3) is 0 Å². The molecule has 1 atom stereocenters. The van der Waals surface area contributed by atoms with Crippen LogP contribution in [0.3, 0.4) is 0 Å². The van der Waals surface area contributed by atoms with E-state index in [2.05, 4.69) is 31.0 Å². The first kappa shape index (κ1) is 17.3. The topological polar surface area (TPSA) is 32.3 Å². The van der Waals surface area contributed by atoms with Gasteiger partial charge in [-0.3, -0.25) is 4.90 Å². The number of hydrogen-bond donors (Lipinski definition) is 1. The Morgan fingerprint density at radius 2 is 1.92 bits per heavy atom. The Labute approximate surface area is 150 Å². The summed E-state index contributed by atoms with van der Waals surface area (Å²) >= 11 is 0. The Morgan fingerprint density at radius 1 is 1.20 bits per heavy atom. The van der Waals surface area contributed by atoms with Crippen molar-refractivity contribution in [2.45, 2.75) is 45.7 Å². The Hall–Kier alpha value is -2.55. The summed E-state index contributed by atoms with van der Waals surface area (Å²) in [5.41, 5.74) is 4.96. The number of carbonyl (C=O) groups excluding carboxylic acids is 1. The number of rotatable bonds is 3. The van der Waals surface area contributed by atoms with E-state index in [1.807, 2.05) is 62.1 Å². The number of amides is 2. The first-order chi connectivity index (χ1) is 11.8. The summed E-state index contributed by atoms with van der Waals surface area (Å²) in [5, 5.41) is 3.21. The monoisotopic (exact) mass is 334 g/mol. The molecule has 1 N–H and O–H groups in total. The molecule has 1 aliphatic heterocycles. The number of urea groups is 1. The number of nitrogens with one attached hydrogen (secondary N) is 1. The molecule has 1 unspecified atom stereocenters. The number of nitrogens with zero attached hydrogens (tertiary/aromatic N) is 1. The third kappa shape index (κ3) is 3.32. The maximum atomic E-state index is 13.0. The largest absolute Gasteiger partial charge is 0.329 e. The molecule has 0 aliphatic carbocycles. The van der Waals surface area contributed by atoms with Crippen LogP contribution < -0.4 is 10.2 Å². The highest BCUT2D eigenvalue weighted by atomic mass is 16.2. The van der Waals surface area contributed by atoms with Crippen LogP contribution in [0.5, 0.6) is 0 Å². The standard InChI is InChI=1S/C22H26N2O/c1-15(2)17-10-8-11-19(14-17)22(4,5)23-21(25)24-16(3)13-18-9-6-7-12-20(18)24/h6-12,14,16H,1,13H2,2-5H3,(H,23,25). The maximum absolute atomic E-state index is 13.0. The van der Waals surface area contributed by atoms with Gasteiger partial charge < -0.3 is 5.32 Å². The average molecular weight is 334 g/mol. The fraction of sp³-hybridized carbons (Fsp3) is 0.318. The summed E-state index contributed by atoms with van der Waals surface area (Å²) in [6, 6.07) is 16.5. The van der Waals surface area contributed by atoms with Crippen LogP contribution in [0.1, 0.15) is 44.4 Å². The summed E-state index contributed by atoms with van der Waals surface area (Å²) in [6.45, 7) is 12.2. The number of fused-ring (bicyclic) bond motifs is 1. The number of benzene rings is 2. The van der Waals surface area contributed by atoms with Gasteiger partial charge in [0.1, 0.15) is 0 Å². The molecule has 3 rings (SSSR count). The van der Waals surface area contributed by atoms with E-state index in [1.54, 1.807) is 0 Å². The lowest BCUT2D eigenvalue weighted by molar-refractivity contribution is 0.234. The quantitative estimate of drug-likeness (QED) is 0.830. The minimum Gasteiger partial charge on any atom is -0.329 e. The number of allylic oxidation sites excluding steroid dienone is 1. The van der Waals surface area contributed by atoms with Gasteiger partial charge in [-0.1, -0.05) is 48.6 Å². The van der Waals surface area contributed by atoms with E-state index >= 15 is 0 Å². The van der Waals surface area contributed by atoms with Crippen LogP contribution in [0, 0.1) is 0 Å². The number of hydrogen-bond acceptors (Lipinski definition) is 1. The van der Waals surface area contributed by atoms with Gasteiger partial charge in [-0.15, -0.1) is 0 Å². The van der Waals surface area contributed by atoms with Crippen LogP contribution in [-0.4, -0.2) is 12.1 Å². The van der Waals surface area contributed by atoms with Crippen LogP contribution in [0.25, 0.3) is 5.57 Å². The average Bonchev–Trinajstić information content (AvgIpc) is 2.90. The maximum Gasteiger partial charge on any atom is 0.322 e. The third-order valence-electron chi connectivity index (χ3n) is 4.92. The molecule has 3 heteroatoms. The first-order valence-corrected chi connectivity index (χ1v) is 8.75. The van der Waals surface area contributed by atoms with Gasteiger partial charge in [0.15, 0.2) is 0 Å². The second kappa shape index (κ2) is 6.40. The predicted molar refractivity (Wildman–Crippen MR) is 105 cm³/mol. The Balaban J connectivity index is 1.85. The molecule has 0 aromatic heterocycles. The van der Waals surface area contributed by atoms with Crippen molar-refractivity contribution in [3.05, 3.63) is 71.8 Å². The molecule has 1 aliphatic rings. The molecule has 1 heterocycles. The third-order valence-corrected chi connectivity index (χ3v) is 4.92. The Kier molecular flexibility index (Phi) is 4.42. The molecule has 2 aromatic rings. The van der Waals surface area contributed by atoms with E-state index in [-0.39, 0.29) is 12.1 Å². The van der Waals surface area contributed by atoms with Crippen molar-refractivity contribution < 1.29 is 4.79 Å². The fourth-order valence-electron chi connectivity index (χ4n) is 3.45. The summed E-state index contributed by atoms with van der Waals surface area (Å²) < 4.78 is 0. The minimum absolute atomic E-state index is 0.0526. The molecule has 25 heavy (non-hydrogen) atoms. The predicted octanol–water partition coefficient (Wildman–Crippen LogP) is 5.12. The Bertz CT molecular complexity index is 822. The molecule has 0 bridgehead atoms. The zero-order valence-electron chi connectivity index (χ0n) is 15.5. The van der Waals surface area contributed by atoms with E-state index < -0.39 is 5.54 Å². The molecule has 2 amide bonds. The number of anilines is 1. The summed E-state index contributed by atoms with van der Waals surface area (Å²) in [6.07, 6.45) is 0.898. The summed E-state index contributed by atoms with van der Waals surface area (Å²) in [7, 11) is 0. The van der Waals surface area contributed by atoms with Crippen molar-refractivity contribution in [2.75, 3.05) is 4.90 Å². The normalized spacial score (nSPS) is 16.5. The van der Waals surface area contributed by atoms with Gasteiger partial charge >= 0.3 is 6.03 Å². The zero-order valence-corrected chi connectivity index (χ0v) is 15.5. The highest BCUT2D eigenvalue weighted by Gasteiger charge is 2.33. The van der Waals surface area contributed by atoms with Crippen LogP contribution in [-0.2, 0) is 12.0 Å². The van der Waals surface area contributed by atoms with Gasteiger partial charge in [0.2, 0.25) is 0 Å².